The zero-order valence-corrected chi connectivity index (χ0v) is 14.3. The molecule has 2 aromatic rings. The van der Waals surface area contributed by atoms with Gasteiger partial charge in [-0.15, -0.1) is 11.6 Å². The lowest BCUT2D eigenvalue weighted by Gasteiger charge is -2.16. The molecule has 3 heteroatoms. The Morgan fingerprint density at radius 1 is 1.00 bits per heavy atom. The summed E-state index contributed by atoms with van der Waals surface area (Å²) in [7, 11) is 0. The average Bonchev–Trinajstić information content (AvgIpc) is 2.43. The lowest BCUT2D eigenvalue weighted by atomic mass is 10.0. The normalized spacial score (nSPS) is 11.0. The molecule has 0 bridgehead atoms. The van der Waals surface area contributed by atoms with E-state index < -0.39 is 0 Å². The van der Waals surface area contributed by atoms with Crippen LogP contribution in [0.5, 0.6) is 11.5 Å². The molecule has 0 aliphatic carbocycles. The summed E-state index contributed by atoms with van der Waals surface area (Å²) in [6.07, 6.45) is 0. The number of hydrogen-bond donors (Lipinski definition) is 0. The van der Waals surface area contributed by atoms with Crippen LogP contribution in [0.4, 0.5) is 0 Å². The maximum absolute atomic E-state index is 6.30. The Morgan fingerprint density at radius 2 is 1.67 bits per heavy atom. The number of halogens is 2. The maximum atomic E-state index is 6.30. The largest absolute Gasteiger partial charge is 0.457 e. The molecule has 0 heterocycles. The van der Waals surface area contributed by atoms with Crippen LogP contribution in [0.1, 0.15) is 42.0 Å². The molecule has 0 aliphatic rings. The van der Waals surface area contributed by atoms with Crippen molar-refractivity contribution in [1.29, 1.82) is 0 Å². The van der Waals surface area contributed by atoms with Gasteiger partial charge in [-0.25, -0.2) is 0 Å². The van der Waals surface area contributed by atoms with Crippen LogP contribution in [0.15, 0.2) is 30.3 Å². The second kappa shape index (κ2) is 6.72. The fraction of sp³-hybridized carbons (Fsp3) is 0.333. The lowest BCUT2D eigenvalue weighted by molar-refractivity contribution is 0.474. The number of rotatable bonds is 4. The van der Waals surface area contributed by atoms with Gasteiger partial charge in [0.25, 0.3) is 0 Å². The van der Waals surface area contributed by atoms with E-state index in [-0.39, 0.29) is 0 Å². The van der Waals surface area contributed by atoms with Gasteiger partial charge < -0.3 is 4.74 Å². The third kappa shape index (κ3) is 3.72. The minimum absolute atomic E-state index is 0.361. The highest BCUT2D eigenvalue weighted by molar-refractivity contribution is 6.31. The highest BCUT2D eigenvalue weighted by atomic mass is 35.5. The van der Waals surface area contributed by atoms with E-state index >= 15 is 0 Å². The van der Waals surface area contributed by atoms with Gasteiger partial charge in [0.15, 0.2) is 0 Å². The van der Waals surface area contributed by atoms with Crippen molar-refractivity contribution < 1.29 is 4.74 Å². The molecule has 0 saturated carbocycles. The molecular formula is C18H20Cl2O. The first-order valence-electron chi connectivity index (χ1n) is 7.05. The van der Waals surface area contributed by atoms with Crippen molar-refractivity contribution in [3.05, 3.63) is 57.6 Å². The molecule has 0 radical (unpaired) electrons. The molecular weight excluding hydrogens is 303 g/mol. The van der Waals surface area contributed by atoms with E-state index in [0.29, 0.717) is 11.8 Å². The molecule has 0 spiro atoms. The average molecular weight is 323 g/mol. The molecule has 0 aliphatic heterocycles. The van der Waals surface area contributed by atoms with Crippen LogP contribution in [0.3, 0.4) is 0 Å². The van der Waals surface area contributed by atoms with Crippen LogP contribution >= 0.6 is 23.2 Å². The van der Waals surface area contributed by atoms with Crippen molar-refractivity contribution in [2.24, 2.45) is 0 Å². The van der Waals surface area contributed by atoms with Crippen molar-refractivity contribution in [3.63, 3.8) is 0 Å². The Morgan fingerprint density at radius 3 is 2.24 bits per heavy atom. The fourth-order valence-corrected chi connectivity index (χ4v) is 2.85. The first kappa shape index (κ1) is 16.2. The Kier molecular flexibility index (Phi) is 5.18. The van der Waals surface area contributed by atoms with E-state index in [4.69, 9.17) is 27.9 Å². The first-order valence-corrected chi connectivity index (χ1v) is 7.97. The van der Waals surface area contributed by atoms with Crippen molar-refractivity contribution in [2.45, 2.75) is 39.5 Å². The van der Waals surface area contributed by atoms with Crippen molar-refractivity contribution in [1.82, 2.24) is 0 Å². The van der Waals surface area contributed by atoms with Gasteiger partial charge in [0, 0.05) is 10.9 Å². The summed E-state index contributed by atoms with van der Waals surface area (Å²) in [4.78, 5) is 0. The van der Waals surface area contributed by atoms with Gasteiger partial charge in [-0.05, 0) is 60.2 Å². The van der Waals surface area contributed by atoms with E-state index in [2.05, 4.69) is 19.9 Å². The lowest BCUT2D eigenvalue weighted by Crippen LogP contribution is -1.95. The highest BCUT2D eigenvalue weighted by Gasteiger charge is 2.11. The summed E-state index contributed by atoms with van der Waals surface area (Å²) < 4.78 is 6.08. The number of aryl methyl sites for hydroxylation is 2. The van der Waals surface area contributed by atoms with Crippen molar-refractivity contribution in [2.75, 3.05) is 0 Å². The van der Waals surface area contributed by atoms with Crippen molar-refractivity contribution in [3.8, 4) is 11.5 Å². The zero-order chi connectivity index (χ0) is 15.6. The van der Waals surface area contributed by atoms with Gasteiger partial charge >= 0.3 is 0 Å². The molecule has 0 N–H and O–H groups in total. The quantitative estimate of drug-likeness (QED) is 0.575. The molecule has 0 fully saturated rings. The Bertz CT molecular complexity index is 648. The molecule has 2 rings (SSSR count). The molecule has 1 nitrogen and oxygen atoms in total. The number of alkyl halides is 1. The fourth-order valence-electron chi connectivity index (χ4n) is 2.25. The predicted molar refractivity (Wildman–Crippen MR) is 91.1 cm³/mol. The third-order valence-corrected chi connectivity index (χ3v) is 4.17. The summed E-state index contributed by atoms with van der Waals surface area (Å²) >= 11 is 12.2. The minimum Gasteiger partial charge on any atom is -0.457 e. The second-order valence-electron chi connectivity index (χ2n) is 5.63. The summed E-state index contributed by atoms with van der Waals surface area (Å²) in [5.41, 5.74) is 4.31. The molecule has 112 valence electrons. The van der Waals surface area contributed by atoms with Gasteiger partial charge in [-0.3, -0.25) is 0 Å². The summed E-state index contributed by atoms with van der Waals surface area (Å²) in [5.74, 6) is 2.58. The van der Waals surface area contributed by atoms with Crippen LogP contribution in [0.2, 0.25) is 5.02 Å². The number of ether oxygens (including phenoxy) is 1. The topological polar surface area (TPSA) is 9.23 Å². The van der Waals surface area contributed by atoms with Gasteiger partial charge in [0.1, 0.15) is 11.5 Å². The van der Waals surface area contributed by atoms with Crippen molar-refractivity contribution >= 4 is 23.2 Å². The zero-order valence-electron chi connectivity index (χ0n) is 12.8. The number of benzene rings is 2. The van der Waals surface area contributed by atoms with E-state index in [1.165, 1.54) is 0 Å². The molecule has 21 heavy (non-hydrogen) atoms. The van der Waals surface area contributed by atoms with E-state index in [1.807, 2.05) is 38.1 Å². The third-order valence-electron chi connectivity index (χ3n) is 3.53. The Balaban J connectivity index is 2.37. The Labute approximate surface area is 136 Å². The SMILES string of the molecule is Cc1cc(CCl)ccc1Oc1cc(C(C)C)c(Cl)cc1C. The second-order valence-corrected chi connectivity index (χ2v) is 6.30. The summed E-state index contributed by atoms with van der Waals surface area (Å²) in [6, 6.07) is 10.0. The molecule has 0 saturated heterocycles. The van der Waals surface area contributed by atoms with Crippen LogP contribution in [-0.2, 0) is 5.88 Å². The van der Waals surface area contributed by atoms with Crippen LogP contribution in [0, 0.1) is 13.8 Å². The number of hydrogen-bond acceptors (Lipinski definition) is 1. The van der Waals surface area contributed by atoms with Gasteiger partial charge in [0.05, 0.1) is 0 Å². The summed E-state index contributed by atoms with van der Waals surface area (Å²) in [6.45, 7) is 8.29. The van der Waals surface area contributed by atoms with Crippen LogP contribution in [-0.4, -0.2) is 0 Å². The van der Waals surface area contributed by atoms with Gasteiger partial charge in [-0.2, -0.15) is 0 Å². The molecule has 2 aromatic carbocycles. The molecule has 0 atom stereocenters. The summed E-state index contributed by atoms with van der Waals surface area (Å²) in [5, 5.41) is 0.795. The highest BCUT2D eigenvalue weighted by Crippen LogP contribution is 2.35. The smallest absolute Gasteiger partial charge is 0.130 e. The Hall–Kier alpha value is -1.18. The first-order chi connectivity index (χ1) is 9.92. The minimum atomic E-state index is 0.361. The van der Waals surface area contributed by atoms with Crippen LogP contribution in [0.25, 0.3) is 0 Å². The van der Waals surface area contributed by atoms with E-state index in [1.54, 1.807) is 0 Å². The maximum Gasteiger partial charge on any atom is 0.130 e. The molecule has 0 unspecified atom stereocenters. The van der Waals surface area contributed by atoms with E-state index in [0.717, 1.165) is 38.8 Å². The predicted octanol–water partition coefficient (Wildman–Crippen LogP) is 6.61. The van der Waals surface area contributed by atoms with Gasteiger partial charge in [-0.1, -0.05) is 37.6 Å². The van der Waals surface area contributed by atoms with E-state index in [9.17, 15) is 0 Å². The molecule has 0 amide bonds. The monoisotopic (exact) mass is 322 g/mol. The van der Waals surface area contributed by atoms with Crippen LogP contribution < -0.4 is 4.74 Å². The standard InChI is InChI=1S/C18H20Cl2O/c1-11(2)15-9-18(13(4)8-16(15)20)21-17-6-5-14(10-19)7-12(17)3/h5-9,11H,10H2,1-4H3. The molecule has 0 aromatic heterocycles. The van der Waals surface area contributed by atoms with Gasteiger partial charge in [0.2, 0.25) is 0 Å².